The maximum absolute atomic E-state index is 12.0. The number of nitrogens with zero attached hydrogens (tertiary/aromatic N) is 1. The fourth-order valence-corrected chi connectivity index (χ4v) is 2.00. The van der Waals surface area contributed by atoms with E-state index in [9.17, 15) is 19.2 Å². The molecule has 0 aromatic heterocycles. The number of nitrogens with two attached hydrogens (primary N) is 1. The summed E-state index contributed by atoms with van der Waals surface area (Å²) in [6.07, 6.45) is 4.62. The van der Waals surface area contributed by atoms with E-state index in [-0.39, 0.29) is 12.3 Å². The Labute approximate surface area is 137 Å². The zero-order valence-electron chi connectivity index (χ0n) is 14.1. The van der Waals surface area contributed by atoms with E-state index in [1.807, 2.05) is 20.8 Å². The fourth-order valence-electron chi connectivity index (χ4n) is 2.00. The zero-order chi connectivity index (χ0) is 17.8. The molecule has 0 aromatic carbocycles. The van der Waals surface area contributed by atoms with Crippen molar-refractivity contribution in [2.24, 2.45) is 5.73 Å². The first kappa shape index (κ1) is 21.0. The van der Waals surface area contributed by atoms with Gasteiger partial charge in [0.25, 0.3) is 11.8 Å². The predicted octanol–water partition coefficient (Wildman–Crippen LogP) is 0.531. The van der Waals surface area contributed by atoms with Gasteiger partial charge in [-0.05, 0) is 12.8 Å². The number of rotatable bonds is 9. The highest BCUT2D eigenvalue weighted by Crippen LogP contribution is 2.09. The molecular formula is C16H27N3O4. The van der Waals surface area contributed by atoms with E-state index in [2.05, 4.69) is 5.32 Å². The van der Waals surface area contributed by atoms with Gasteiger partial charge >= 0.3 is 0 Å². The lowest BCUT2D eigenvalue weighted by Gasteiger charge is -2.23. The van der Waals surface area contributed by atoms with Crippen LogP contribution in [0.4, 0.5) is 0 Å². The van der Waals surface area contributed by atoms with Crippen LogP contribution in [0.2, 0.25) is 0 Å². The highest BCUT2D eigenvalue weighted by atomic mass is 16.2. The summed E-state index contributed by atoms with van der Waals surface area (Å²) in [7, 11) is 0. The van der Waals surface area contributed by atoms with Crippen molar-refractivity contribution < 1.29 is 19.2 Å². The Hall–Kier alpha value is -2.02. The molecule has 0 aromatic rings. The number of Topliss-reactive ketones (excluding diaryl/α,β-unsaturated/α-hetero) is 1. The first-order valence-corrected chi connectivity index (χ1v) is 8.06. The molecule has 0 aliphatic carbocycles. The number of hydrogen-bond acceptors (Lipinski definition) is 5. The highest BCUT2D eigenvalue weighted by Gasteiger charge is 2.34. The third-order valence-corrected chi connectivity index (χ3v) is 3.26. The standard InChI is InChI=1S/C14H21N3O4.C2H6/c1-2-10(18)5-3-4-8-16-14(21)11(9-15)17-12(19)6-7-13(17)20;1-2/h6-7,11H,2-5,8-9,15H2,1H3,(H,16,21);1-2H3. The maximum atomic E-state index is 12.0. The molecule has 130 valence electrons. The average molecular weight is 325 g/mol. The maximum Gasteiger partial charge on any atom is 0.254 e. The van der Waals surface area contributed by atoms with Crippen LogP contribution < -0.4 is 11.1 Å². The van der Waals surface area contributed by atoms with Gasteiger partial charge in [-0.1, -0.05) is 20.8 Å². The van der Waals surface area contributed by atoms with Crippen LogP contribution in [0.1, 0.15) is 46.5 Å². The number of imide groups is 1. The largest absolute Gasteiger partial charge is 0.354 e. The molecule has 3 N–H and O–H groups in total. The molecule has 1 heterocycles. The molecule has 7 heteroatoms. The van der Waals surface area contributed by atoms with E-state index in [0.29, 0.717) is 32.2 Å². The van der Waals surface area contributed by atoms with Crippen LogP contribution >= 0.6 is 0 Å². The summed E-state index contributed by atoms with van der Waals surface area (Å²) >= 11 is 0. The average Bonchev–Trinajstić information content (AvgIpc) is 2.89. The highest BCUT2D eigenvalue weighted by molar-refractivity contribution is 6.15. The Morgan fingerprint density at radius 1 is 1.17 bits per heavy atom. The molecule has 1 aliphatic rings. The van der Waals surface area contributed by atoms with E-state index in [1.165, 1.54) is 0 Å². The Morgan fingerprint density at radius 3 is 2.22 bits per heavy atom. The van der Waals surface area contributed by atoms with E-state index in [4.69, 9.17) is 5.73 Å². The second kappa shape index (κ2) is 11.5. The second-order valence-corrected chi connectivity index (χ2v) is 4.77. The summed E-state index contributed by atoms with van der Waals surface area (Å²) in [6.45, 7) is 6.07. The number of carbonyl (C=O) groups is 4. The first-order chi connectivity index (χ1) is 11.0. The van der Waals surface area contributed by atoms with Gasteiger partial charge < -0.3 is 11.1 Å². The van der Waals surface area contributed by atoms with Gasteiger partial charge in [-0.2, -0.15) is 0 Å². The summed E-state index contributed by atoms with van der Waals surface area (Å²) in [4.78, 5) is 47.0. The smallest absolute Gasteiger partial charge is 0.254 e. The van der Waals surface area contributed by atoms with Gasteiger partial charge in [0.2, 0.25) is 5.91 Å². The molecule has 0 fully saturated rings. The van der Waals surface area contributed by atoms with Gasteiger partial charge in [0, 0.05) is 38.1 Å². The molecule has 1 atom stereocenters. The predicted molar refractivity (Wildman–Crippen MR) is 87.3 cm³/mol. The van der Waals surface area contributed by atoms with Crippen LogP contribution in [0.3, 0.4) is 0 Å². The number of hydrogen-bond donors (Lipinski definition) is 2. The van der Waals surface area contributed by atoms with E-state index < -0.39 is 23.8 Å². The van der Waals surface area contributed by atoms with Crippen molar-refractivity contribution in [1.82, 2.24) is 10.2 Å². The van der Waals surface area contributed by atoms with Gasteiger partial charge in [0.15, 0.2) is 0 Å². The summed E-state index contributed by atoms with van der Waals surface area (Å²) in [5.41, 5.74) is 5.49. The minimum Gasteiger partial charge on any atom is -0.354 e. The number of nitrogens with one attached hydrogen (secondary N) is 1. The van der Waals surface area contributed by atoms with Crippen LogP contribution in [-0.4, -0.2) is 47.5 Å². The summed E-state index contributed by atoms with van der Waals surface area (Å²) in [6, 6.07) is -0.989. The van der Waals surface area contributed by atoms with E-state index >= 15 is 0 Å². The second-order valence-electron chi connectivity index (χ2n) is 4.77. The number of ketones is 1. The molecule has 0 bridgehead atoms. The molecule has 0 saturated carbocycles. The molecule has 1 rings (SSSR count). The van der Waals surface area contributed by atoms with Crippen molar-refractivity contribution in [3.05, 3.63) is 12.2 Å². The monoisotopic (exact) mass is 325 g/mol. The van der Waals surface area contributed by atoms with E-state index in [0.717, 1.165) is 17.1 Å². The molecule has 0 saturated heterocycles. The molecule has 23 heavy (non-hydrogen) atoms. The van der Waals surface area contributed by atoms with Crippen molar-refractivity contribution in [1.29, 1.82) is 0 Å². The van der Waals surface area contributed by atoms with Crippen molar-refractivity contribution in [2.45, 2.75) is 52.5 Å². The number of unbranched alkanes of at least 4 members (excludes halogenated alkanes) is 1. The minimum absolute atomic E-state index is 0.126. The van der Waals surface area contributed by atoms with Crippen molar-refractivity contribution >= 4 is 23.5 Å². The Bertz CT molecular complexity index is 442. The summed E-state index contributed by atoms with van der Waals surface area (Å²) in [5, 5.41) is 2.64. The summed E-state index contributed by atoms with van der Waals surface area (Å²) in [5.74, 6) is -1.32. The fraction of sp³-hybridized carbons (Fsp3) is 0.625. The molecule has 1 aliphatic heterocycles. The van der Waals surface area contributed by atoms with Crippen LogP contribution in [0.5, 0.6) is 0 Å². The topological polar surface area (TPSA) is 110 Å². The van der Waals surface area contributed by atoms with Crippen LogP contribution in [0, 0.1) is 0 Å². The van der Waals surface area contributed by atoms with Crippen molar-refractivity contribution in [3.63, 3.8) is 0 Å². The van der Waals surface area contributed by atoms with Gasteiger partial charge in [0.1, 0.15) is 11.8 Å². The molecule has 1 unspecified atom stereocenters. The Morgan fingerprint density at radius 2 is 1.74 bits per heavy atom. The lowest BCUT2D eigenvalue weighted by atomic mass is 10.1. The molecular weight excluding hydrogens is 298 g/mol. The first-order valence-electron chi connectivity index (χ1n) is 8.06. The minimum atomic E-state index is -0.989. The number of amides is 3. The van der Waals surface area contributed by atoms with Crippen LogP contribution in [0.15, 0.2) is 12.2 Å². The quantitative estimate of drug-likeness (QED) is 0.475. The van der Waals surface area contributed by atoms with Gasteiger partial charge in [-0.15, -0.1) is 0 Å². The Balaban J connectivity index is 0.00000232. The van der Waals surface area contributed by atoms with Gasteiger partial charge in [-0.25, -0.2) is 0 Å². The van der Waals surface area contributed by atoms with Gasteiger partial charge in [-0.3, -0.25) is 24.1 Å². The van der Waals surface area contributed by atoms with Crippen LogP contribution in [-0.2, 0) is 19.2 Å². The van der Waals surface area contributed by atoms with Gasteiger partial charge in [0.05, 0.1) is 0 Å². The molecule has 7 nitrogen and oxygen atoms in total. The lowest BCUT2D eigenvalue weighted by Crippen LogP contribution is -2.53. The number of carbonyl (C=O) groups excluding carboxylic acids is 4. The molecule has 0 spiro atoms. The van der Waals surface area contributed by atoms with Crippen LogP contribution in [0.25, 0.3) is 0 Å². The van der Waals surface area contributed by atoms with Crippen molar-refractivity contribution in [3.8, 4) is 0 Å². The van der Waals surface area contributed by atoms with E-state index in [1.54, 1.807) is 0 Å². The third kappa shape index (κ3) is 6.73. The normalized spacial score (nSPS) is 14.3. The SMILES string of the molecule is CC.CCC(=O)CCCCNC(=O)C(CN)N1C(=O)C=CC1=O. The molecule has 0 radical (unpaired) electrons. The summed E-state index contributed by atoms with van der Waals surface area (Å²) < 4.78 is 0. The third-order valence-electron chi connectivity index (χ3n) is 3.26. The zero-order valence-corrected chi connectivity index (χ0v) is 14.1. The van der Waals surface area contributed by atoms with Crippen molar-refractivity contribution in [2.75, 3.05) is 13.1 Å². The molecule has 3 amide bonds. The Kier molecular flexibility index (Phi) is 10.5. The lowest BCUT2D eigenvalue weighted by molar-refractivity contribution is -0.145.